The van der Waals surface area contributed by atoms with E-state index in [1.807, 2.05) is 0 Å². The van der Waals surface area contributed by atoms with Crippen LogP contribution in [-0.4, -0.2) is 171 Å². The normalized spacial score (nSPS) is 11.5. The van der Waals surface area contributed by atoms with Crippen molar-refractivity contribution in [1.29, 1.82) is 0 Å². The van der Waals surface area contributed by atoms with Gasteiger partial charge in [0.25, 0.3) is 0 Å². The SMILES string of the molecule is CCCCCCCCCCCCOCCOCCOCCOCCOCCOCCOCCOCCOCCOCCOCCOCCOC(=O)CCCCC. The van der Waals surface area contributed by atoms with Gasteiger partial charge >= 0.3 is 5.97 Å². The summed E-state index contributed by atoms with van der Waals surface area (Å²) in [5, 5.41) is 0. The number of carbonyl (C=O) groups is 1. The van der Waals surface area contributed by atoms with Crippen LogP contribution in [0.1, 0.15) is 104 Å². The van der Waals surface area contributed by atoms with E-state index in [4.69, 9.17) is 61.6 Å². The first-order chi connectivity index (χ1) is 27.8. The highest BCUT2D eigenvalue weighted by molar-refractivity contribution is 5.69. The number of ether oxygens (including phenoxy) is 13. The molecule has 0 aromatic heterocycles. The van der Waals surface area contributed by atoms with Crippen LogP contribution in [0.5, 0.6) is 0 Å². The standard InChI is InChI=1S/C42H84O14/c1-3-5-7-8-9-10-11-12-13-15-17-44-18-19-45-20-21-46-22-23-47-24-25-48-26-27-49-28-29-50-30-31-51-32-33-52-34-35-53-36-37-54-38-39-55-40-41-56-42(43)16-14-6-4-2/h3-41H2,1-2H3. The van der Waals surface area contributed by atoms with Gasteiger partial charge in [-0.1, -0.05) is 84.5 Å². The Hall–Kier alpha value is -1.01. The lowest BCUT2D eigenvalue weighted by atomic mass is 10.1. The lowest BCUT2D eigenvalue weighted by Crippen LogP contribution is -2.15. The summed E-state index contributed by atoms with van der Waals surface area (Å²) < 4.78 is 71.2. The minimum absolute atomic E-state index is 0.159. The number of carbonyl (C=O) groups excluding carboxylic acids is 1. The van der Waals surface area contributed by atoms with E-state index in [2.05, 4.69) is 13.8 Å². The average Bonchev–Trinajstić information content (AvgIpc) is 3.20. The van der Waals surface area contributed by atoms with Gasteiger partial charge < -0.3 is 61.6 Å². The fourth-order valence-corrected chi connectivity index (χ4v) is 5.02. The van der Waals surface area contributed by atoms with Crippen LogP contribution in [0.15, 0.2) is 0 Å². The highest BCUT2D eigenvalue weighted by Gasteiger charge is 2.02. The minimum atomic E-state index is -0.159. The summed E-state index contributed by atoms with van der Waals surface area (Å²) in [7, 11) is 0. The number of hydrogen-bond donors (Lipinski definition) is 0. The van der Waals surface area contributed by atoms with Crippen molar-refractivity contribution in [3.05, 3.63) is 0 Å². The van der Waals surface area contributed by atoms with Gasteiger partial charge in [-0.3, -0.25) is 4.79 Å². The number of esters is 1. The molecule has 0 aliphatic heterocycles. The third-order valence-corrected chi connectivity index (χ3v) is 8.21. The molecule has 0 atom stereocenters. The van der Waals surface area contributed by atoms with Crippen LogP contribution in [0.2, 0.25) is 0 Å². The monoisotopic (exact) mass is 813 g/mol. The molecule has 0 bridgehead atoms. The predicted molar refractivity (Wildman–Crippen MR) is 217 cm³/mol. The van der Waals surface area contributed by atoms with Crippen molar-refractivity contribution in [2.24, 2.45) is 0 Å². The Balaban J connectivity index is 3.07. The Morgan fingerprint density at radius 2 is 0.464 bits per heavy atom. The van der Waals surface area contributed by atoms with Crippen LogP contribution in [0.25, 0.3) is 0 Å². The first-order valence-corrected chi connectivity index (χ1v) is 21.9. The maximum absolute atomic E-state index is 11.5. The summed E-state index contributed by atoms with van der Waals surface area (Å²) in [6, 6.07) is 0. The van der Waals surface area contributed by atoms with Gasteiger partial charge in [0.1, 0.15) is 6.61 Å². The molecule has 0 aromatic rings. The second-order valence-corrected chi connectivity index (χ2v) is 13.2. The van der Waals surface area contributed by atoms with Gasteiger partial charge in [-0.25, -0.2) is 0 Å². The highest BCUT2D eigenvalue weighted by atomic mass is 16.6. The lowest BCUT2D eigenvalue weighted by Gasteiger charge is -2.09. The van der Waals surface area contributed by atoms with E-state index in [1.54, 1.807) is 0 Å². The number of hydrogen-bond acceptors (Lipinski definition) is 14. The number of unbranched alkanes of at least 4 members (excludes halogenated alkanes) is 11. The molecule has 0 heterocycles. The fourth-order valence-electron chi connectivity index (χ4n) is 5.02. The van der Waals surface area contributed by atoms with Crippen LogP contribution in [0.4, 0.5) is 0 Å². The summed E-state index contributed by atoms with van der Waals surface area (Å²) in [5.74, 6) is -0.159. The van der Waals surface area contributed by atoms with Crippen molar-refractivity contribution in [1.82, 2.24) is 0 Å². The van der Waals surface area contributed by atoms with Crippen LogP contribution in [-0.2, 0) is 66.4 Å². The molecule has 0 N–H and O–H groups in total. The van der Waals surface area contributed by atoms with E-state index in [0.29, 0.717) is 158 Å². The molecule has 14 heteroatoms. The van der Waals surface area contributed by atoms with Crippen molar-refractivity contribution in [3.8, 4) is 0 Å². The van der Waals surface area contributed by atoms with E-state index in [9.17, 15) is 4.79 Å². The smallest absolute Gasteiger partial charge is 0.305 e. The molecule has 56 heavy (non-hydrogen) atoms. The zero-order chi connectivity index (χ0) is 40.3. The third-order valence-electron chi connectivity index (χ3n) is 8.21. The minimum Gasteiger partial charge on any atom is -0.463 e. The molecule has 0 radical (unpaired) electrons. The molecular formula is C42H84O14. The van der Waals surface area contributed by atoms with Gasteiger partial charge in [-0.05, 0) is 12.8 Å². The summed E-state index contributed by atoms with van der Waals surface area (Å²) in [5.41, 5.74) is 0. The fraction of sp³-hybridized carbons (Fsp3) is 0.976. The van der Waals surface area contributed by atoms with E-state index in [-0.39, 0.29) is 12.6 Å². The van der Waals surface area contributed by atoms with Gasteiger partial charge in [0.05, 0.1) is 152 Å². The van der Waals surface area contributed by atoms with Gasteiger partial charge in [-0.15, -0.1) is 0 Å². The van der Waals surface area contributed by atoms with Crippen molar-refractivity contribution < 1.29 is 66.4 Å². The van der Waals surface area contributed by atoms with Gasteiger partial charge in [-0.2, -0.15) is 0 Å². The maximum Gasteiger partial charge on any atom is 0.305 e. The summed E-state index contributed by atoms with van der Waals surface area (Å²) >= 11 is 0. The third kappa shape index (κ3) is 51.0. The molecule has 14 nitrogen and oxygen atoms in total. The van der Waals surface area contributed by atoms with Crippen LogP contribution in [0.3, 0.4) is 0 Å². The quantitative estimate of drug-likeness (QED) is 0.0507. The second kappa shape index (κ2) is 52.0. The van der Waals surface area contributed by atoms with E-state index >= 15 is 0 Å². The molecule has 0 saturated heterocycles. The summed E-state index contributed by atoms with van der Waals surface area (Å²) in [6.45, 7) is 17.3. The first kappa shape index (κ1) is 55.0. The van der Waals surface area contributed by atoms with Crippen LogP contribution in [0, 0.1) is 0 Å². The predicted octanol–water partition coefficient (Wildman–Crippen LogP) is 6.23. The maximum atomic E-state index is 11.5. The molecule has 0 amide bonds. The Bertz CT molecular complexity index is 721. The molecule has 0 aromatic carbocycles. The first-order valence-electron chi connectivity index (χ1n) is 21.9. The van der Waals surface area contributed by atoms with E-state index in [0.717, 1.165) is 32.3 Å². The average molecular weight is 813 g/mol. The summed E-state index contributed by atoms with van der Waals surface area (Å²) in [4.78, 5) is 11.5. The van der Waals surface area contributed by atoms with Crippen molar-refractivity contribution in [3.63, 3.8) is 0 Å². The van der Waals surface area contributed by atoms with Gasteiger partial charge in [0.15, 0.2) is 0 Å². The highest BCUT2D eigenvalue weighted by Crippen LogP contribution is 2.10. The molecule has 0 spiro atoms. The zero-order valence-corrected chi connectivity index (χ0v) is 35.8. The Kier molecular flexibility index (Phi) is 51.1. The number of rotatable bonds is 51. The zero-order valence-electron chi connectivity index (χ0n) is 35.8. The van der Waals surface area contributed by atoms with Gasteiger partial charge in [0, 0.05) is 13.0 Å². The molecule has 0 unspecified atom stereocenters. The molecule has 0 aliphatic rings. The Morgan fingerprint density at radius 1 is 0.250 bits per heavy atom. The molecule has 0 saturated carbocycles. The van der Waals surface area contributed by atoms with Crippen LogP contribution < -0.4 is 0 Å². The van der Waals surface area contributed by atoms with E-state index in [1.165, 1.54) is 57.8 Å². The molecule has 0 fully saturated rings. The Labute approximate surface area is 340 Å². The topological polar surface area (TPSA) is 137 Å². The van der Waals surface area contributed by atoms with Crippen molar-refractivity contribution in [2.45, 2.75) is 104 Å². The van der Waals surface area contributed by atoms with Gasteiger partial charge in [0.2, 0.25) is 0 Å². The van der Waals surface area contributed by atoms with Crippen molar-refractivity contribution >= 4 is 5.97 Å². The van der Waals surface area contributed by atoms with Crippen molar-refractivity contribution in [2.75, 3.05) is 165 Å². The van der Waals surface area contributed by atoms with E-state index < -0.39 is 0 Å². The van der Waals surface area contributed by atoms with Crippen LogP contribution >= 0.6 is 0 Å². The summed E-state index contributed by atoms with van der Waals surface area (Å²) in [6.07, 6.45) is 16.9. The largest absolute Gasteiger partial charge is 0.463 e. The second-order valence-electron chi connectivity index (χ2n) is 13.2. The Morgan fingerprint density at radius 3 is 0.750 bits per heavy atom. The molecular weight excluding hydrogens is 728 g/mol. The molecule has 336 valence electrons. The molecule has 0 aliphatic carbocycles. The lowest BCUT2D eigenvalue weighted by molar-refractivity contribution is -0.145. The molecule has 0 rings (SSSR count).